The number of nitrogens with zero attached hydrogens (tertiary/aromatic N) is 1. The molecule has 0 radical (unpaired) electrons. The van der Waals surface area contributed by atoms with Crippen LogP contribution in [0.1, 0.15) is 15.9 Å². The van der Waals surface area contributed by atoms with Crippen LogP contribution in [-0.2, 0) is 10.5 Å². The average Bonchev–Trinajstić information content (AvgIpc) is 2.96. The molecule has 1 spiro atoms. The first-order valence-corrected chi connectivity index (χ1v) is 9.36. The summed E-state index contributed by atoms with van der Waals surface area (Å²) < 4.78 is 0. The molecule has 0 saturated heterocycles. The van der Waals surface area contributed by atoms with Crippen molar-refractivity contribution >= 4 is 52.1 Å². The van der Waals surface area contributed by atoms with Crippen molar-refractivity contribution in [3.8, 4) is 0 Å². The van der Waals surface area contributed by atoms with E-state index in [2.05, 4.69) is 10.6 Å². The Labute approximate surface area is 170 Å². The Bertz CT molecular complexity index is 1160. The van der Waals surface area contributed by atoms with Crippen molar-refractivity contribution in [1.82, 2.24) is 0 Å². The van der Waals surface area contributed by atoms with Crippen LogP contribution in [0.3, 0.4) is 0 Å². The molecule has 1 unspecified atom stereocenters. The molecule has 0 fully saturated rings. The number of hydrogen-bond acceptors (Lipinski definition) is 3. The third-order valence-electron chi connectivity index (χ3n) is 5.05. The molecule has 0 aliphatic carbocycles. The lowest BCUT2D eigenvalue weighted by atomic mass is 9.92. The van der Waals surface area contributed by atoms with Gasteiger partial charge in [0.1, 0.15) is 0 Å². The first kappa shape index (κ1) is 17.1. The number of amides is 2. The first-order chi connectivity index (χ1) is 13.5. The highest BCUT2D eigenvalue weighted by Gasteiger charge is 2.57. The van der Waals surface area contributed by atoms with Gasteiger partial charge in [-0.1, -0.05) is 53.5 Å². The van der Waals surface area contributed by atoms with Crippen LogP contribution in [0.5, 0.6) is 0 Å². The summed E-state index contributed by atoms with van der Waals surface area (Å²) in [6.45, 7) is 0. The van der Waals surface area contributed by atoms with E-state index in [-0.39, 0.29) is 5.91 Å². The molecule has 5 nitrogen and oxygen atoms in total. The van der Waals surface area contributed by atoms with Crippen molar-refractivity contribution < 1.29 is 9.59 Å². The van der Waals surface area contributed by atoms with E-state index in [0.29, 0.717) is 38.2 Å². The largest absolute Gasteiger partial charge is 0.350 e. The Kier molecular flexibility index (Phi) is 3.66. The molecular weight excluding hydrogens is 397 g/mol. The number of benzene rings is 3. The van der Waals surface area contributed by atoms with Crippen molar-refractivity contribution in [1.29, 1.82) is 0 Å². The van der Waals surface area contributed by atoms with E-state index >= 15 is 0 Å². The highest BCUT2D eigenvalue weighted by atomic mass is 35.5. The third-order valence-corrected chi connectivity index (χ3v) is 5.60. The quantitative estimate of drug-likeness (QED) is 0.602. The van der Waals surface area contributed by atoms with Gasteiger partial charge in [0.05, 0.1) is 16.3 Å². The number of para-hydroxylation sites is 2. The standard InChI is InChI=1S/C21H13Cl2N3O2/c22-12-5-3-6-13(11-12)26-19(27)14-7-1-2-10-17(14)25-21(26)15-8-4-9-16(23)18(15)24-20(21)28/h1-11,25H,(H,24,28). The third kappa shape index (κ3) is 2.20. The second kappa shape index (κ2) is 5.99. The minimum atomic E-state index is -1.48. The first-order valence-electron chi connectivity index (χ1n) is 8.60. The minimum Gasteiger partial charge on any atom is -0.350 e. The second-order valence-corrected chi connectivity index (χ2v) is 7.46. The number of hydrogen-bond donors (Lipinski definition) is 2. The van der Waals surface area contributed by atoms with Gasteiger partial charge in [-0.25, -0.2) is 0 Å². The fourth-order valence-corrected chi connectivity index (χ4v) is 4.26. The van der Waals surface area contributed by atoms with Gasteiger partial charge in [0, 0.05) is 22.0 Å². The van der Waals surface area contributed by atoms with Crippen LogP contribution in [0.2, 0.25) is 10.0 Å². The number of fused-ring (bicyclic) bond motifs is 3. The Morgan fingerprint density at radius 1 is 0.893 bits per heavy atom. The van der Waals surface area contributed by atoms with Crippen molar-refractivity contribution in [3.63, 3.8) is 0 Å². The Hall–Kier alpha value is -3.02. The lowest BCUT2D eigenvalue weighted by Gasteiger charge is -2.44. The van der Waals surface area contributed by atoms with Gasteiger partial charge < -0.3 is 10.6 Å². The van der Waals surface area contributed by atoms with Crippen LogP contribution in [-0.4, -0.2) is 11.8 Å². The molecule has 2 N–H and O–H groups in total. The highest BCUT2D eigenvalue weighted by molar-refractivity contribution is 6.35. The van der Waals surface area contributed by atoms with E-state index in [4.69, 9.17) is 23.2 Å². The lowest BCUT2D eigenvalue weighted by Crippen LogP contribution is -2.61. The van der Waals surface area contributed by atoms with Crippen molar-refractivity contribution in [2.75, 3.05) is 15.5 Å². The van der Waals surface area contributed by atoms with E-state index in [1.165, 1.54) is 4.90 Å². The van der Waals surface area contributed by atoms with Crippen molar-refractivity contribution in [3.05, 3.63) is 87.9 Å². The smallest absolute Gasteiger partial charge is 0.276 e. The molecule has 28 heavy (non-hydrogen) atoms. The molecule has 2 aliphatic heterocycles. The molecule has 0 saturated carbocycles. The van der Waals surface area contributed by atoms with Crippen LogP contribution in [0.25, 0.3) is 0 Å². The monoisotopic (exact) mass is 409 g/mol. The maximum atomic E-state index is 13.6. The summed E-state index contributed by atoms with van der Waals surface area (Å²) in [6, 6.07) is 19.2. The van der Waals surface area contributed by atoms with Crippen LogP contribution in [0.4, 0.5) is 17.1 Å². The van der Waals surface area contributed by atoms with E-state index in [0.717, 1.165) is 0 Å². The van der Waals surface area contributed by atoms with Gasteiger partial charge in [-0.05, 0) is 36.4 Å². The zero-order valence-corrected chi connectivity index (χ0v) is 15.9. The van der Waals surface area contributed by atoms with Gasteiger partial charge in [0.15, 0.2) is 0 Å². The van der Waals surface area contributed by atoms with Crippen molar-refractivity contribution in [2.45, 2.75) is 5.66 Å². The molecule has 7 heteroatoms. The van der Waals surface area contributed by atoms with Gasteiger partial charge >= 0.3 is 0 Å². The summed E-state index contributed by atoms with van der Waals surface area (Å²) in [6.07, 6.45) is 0. The Balaban J connectivity index is 1.84. The normalized spacial score (nSPS) is 19.9. The molecular formula is C21H13Cl2N3O2. The Morgan fingerprint density at radius 3 is 2.50 bits per heavy atom. The summed E-state index contributed by atoms with van der Waals surface area (Å²) in [7, 11) is 0. The zero-order valence-electron chi connectivity index (χ0n) is 14.4. The number of carbonyl (C=O) groups is 2. The van der Waals surface area contributed by atoms with E-state index in [9.17, 15) is 9.59 Å². The highest BCUT2D eigenvalue weighted by Crippen LogP contribution is 2.49. The molecule has 0 aromatic heterocycles. The van der Waals surface area contributed by atoms with E-state index < -0.39 is 11.6 Å². The Morgan fingerprint density at radius 2 is 1.68 bits per heavy atom. The van der Waals surface area contributed by atoms with E-state index in [1.807, 2.05) is 6.07 Å². The molecule has 138 valence electrons. The van der Waals surface area contributed by atoms with Crippen LogP contribution >= 0.6 is 23.2 Å². The minimum absolute atomic E-state index is 0.306. The van der Waals surface area contributed by atoms with E-state index in [1.54, 1.807) is 60.7 Å². The summed E-state index contributed by atoms with van der Waals surface area (Å²) >= 11 is 12.5. The van der Waals surface area contributed by atoms with Crippen LogP contribution < -0.4 is 15.5 Å². The predicted molar refractivity (Wildman–Crippen MR) is 110 cm³/mol. The molecule has 2 heterocycles. The van der Waals surface area contributed by atoms with Gasteiger partial charge in [-0.15, -0.1) is 0 Å². The number of halogens is 2. The summed E-state index contributed by atoms with van der Waals surface area (Å²) in [5.41, 5.74) is 1.14. The fourth-order valence-electron chi connectivity index (χ4n) is 3.85. The number of carbonyl (C=O) groups excluding carboxylic acids is 2. The maximum absolute atomic E-state index is 13.6. The second-order valence-electron chi connectivity index (χ2n) is 6.62. The van der Waals surface area contributed by atoms with Gasteiger partial charge in [-0.2, -0.15) is 0 Å². The lowest BCUT2D eigenvalue weighted by molar-refractivity contribution is -0.119. The molecule has 3 aromatic rings. The van der Waals surface area contributed by atoms with Crippen LogP contribution in [0, 0.1) is 0 Å². The van der Waals surface area contributed by atoms with Gasteiger partial charge in [-0.3, -0.25) is 14.5 Å². The summed E-state index contributed by atoms with van der Waals surface area (Å²) in [5, 5.41) is 6.99. The topological polar surface area (TPSA) is 61.4 Å². The SMILES string of the molecule is O=C1c2ccccc2NC2(C(=O)Nc3c(Cl)cccc32)N1c1cccc(Cl)c1. The maximum Gasteiger partial charge on any atom is 0.276 e. The van der Waals surface area contributed by atoms with Gasteiger partial charge in [0.25, 0.3) is 11.8 Å². The van der Waals surface area contributed by atoms with Crippen LogP contribution in [0.15, 0.2) is 66.7 Å². The number of anilines is 3. The summed E-state index contributed by atoms with van der Waals surface area (Å²) in [4.78, 5) is 28.3. The zero-order chi connectivity index (χ0) is 19.5. The van der Waals surface area contributed by atoms with Crippen molar-refractivity contribution in [2.24, 2.45) is 0 Å². The molecule has 5 rings (SSSR count). The summed E-state index contributed by atoms with van der Waals surface area (Å²) in [5.74, 6) is -0.696. The molecule has 2 aliphatic rings. The average molecular weight is 410 g/mol. The number of rotatable bonds is 1. The number of nitrogens with one attached hydrogen (secondary N) is 2. The predicted octanol–water partition coefficient (Wildman–Crippen LogP) is 4.87. The molecule has 2 amide bonds. The van der Waals surface area contributed by atoms with Gasteiger partial charge in [0.2, 0.25) is 5.66 Å². The fraction of sp³-hybridized carbons (Fsp3) is 0.0476. The molecule has 3 aromatic carbocycles. The molecule has 1 atom stereocenters. The molecule has 0 bridgehead atoms.